The Labute approximate surface area is 286 Å². The van der Waals surface area contributed by atoms with Gasteiger partial charge < -0.3 is 25.1 Å². The summed E-state index contributed by atoms with van der Waals surface area (Å²) in [5, 5.41) is 1.72. The molecular formula is C38H43ClN6O3. The molecule has 0 unspecified atom stereocenters. The minimum atomic E-state index is -0.519. The van der Waals surface area contributed by atoms with Crippen molar-refractivity contribution in [3.63, 3.8) is 0 Å². The number of nitrogens with two attached hydrogens (primary N) is 1. The second-order valence-corrected chi connectivity index (χ2v) is 14.4. The van der Waals surface area contributed by atoms with Crippen molar-refractivity contribution in [2.75, 3.05) is 63.9 Å². The SMILES string of the molecule is NC(=O)c1ccc(N2CCN(CC3=C(c4ccc(Cl)cc4)CCC4(CCN(C5COC5)CC4)C3)CC2)cc1Oc1cnc2[nH]ccc2c1. The Morgan fingerprint density at radius 1 is 1.00 bits per heavy atom. The average Bonchev–Trinajstić information content (AvgIpc) is 3.54. The zero-order valence-electron chi connectivity index (χ0n) is 27.3. The number of benzene rings is 2. The fraction of sp³-hybridized carbons (Fsp3) is 0.421. The van der Waals surface area contributed by atoms with Gasteiger partial charge in [-0.3, -0.25) is 14.6 Å². The normalized spacial score (nSPS) is 20.7. The number of halogens is 1. The maximum absolute atomic E-state index is 12.3. The predicted molar refractivity (Wildman–Crippen MR) is 190 cm³/mol. The molecule has 1 amide bonds. The van der Waals surface area contributed by atoms with Crippen LogP contribution in [0.4, 0.5) is 5.69 Å². The largest absolute Gasteiger partial charge is 0.455 e. The van der Waals surface area contributed by atoms with Crippen molar-refractivity contribution in [2.45, 2.75) is 38.1 Å². The van der Waals surface area contributed by atoms with E-state index in [1.807, 2.05) is 42.6 Å². The van der Waals surface area contributed by atoms with Gasteiger partial charge in [0.2, 0.25) is 0 Å². The smallest absolute Gasteiger partial charge is 0.252 e. The van der Waals surface area contributed by atoms with Crippen LogP contribution in [-0.4, -0.2) is 90.7 Å². The monoisotopic (exact) mass is 666 g/mol. The van der Waals surface area contributed by atoms with Gasteiger partial charge in [-0.05, 0) is 98.1 Å². The Morgan fingerprint density at radius 3 is 2.52 bits per heavy atom. The number of aromatic amines is 1. The first kappa shape index (κ1) is 31.4. The number of piperazine rings is 1. The lowest BCUT2D eigenvalue weighted by Crippen LogP contribution is -2.54. The lowest BCUT2D eigenvalue weighted by molar-refractivity contribution is -0.0825. The number of piperidine rings is 1. The third-order valence-electron chi connectivity index (χ3n) is 11.1. The highest BCUT2D eigenvalue weighted by molar-refractivity contribution is 6.30. The van der Waals surface area contributed by atoms with Gasteiger partial charge in [-0.25, -0.2) is 4.98 Å². The van der Waals surface area contributed by atoms with Crippen molar-refractivity contribution in [2.24, 2.45) is 11.1 Å². The molecule has 0 radical (unpaired) electrons. The highest BCUT2D eigenvalue weighted by atomic mass is 35.5. The van der Waals surface area contributed by atoms with Gasteiger partial charge in [0, 0.05) is 61.1 Å². The van der Waals surface area contributed by atoms with Crippen molar-refractivity contribution >= 4 is 39.8 Å². The quantitative estimate of drug-likeness (QED) is 0.226. The first-order valence-corrected chi connectivity index (χ1v) is 17.6. The molecule has 0 saturated carbocycles. The molecule has 3 fully saturated rings. The van der Waals surface area contributed by atoms with Gasteiger partial charge >= 0.3 is 0 Å². The minimum absolute atomic E-state index is 0.353. The molecule has 0 atom stereocenters. The van der Waals surface area contributed by atoms with Crippen LogP contribution >= 0.6 is 11.6 Å². The van der Waals surface area contributed by atoms with Crippen molar-refractivity contribution in [3.8, 4) is 11.5 Å². The molecule has 8 rings (SSSR count). The van der Waals surface area contributed by atoms with E-state index in [0.29, 0.717) is 28.5 Å². The third kappa shape index (κ3) is 6.44. The molecule has 10 heteroatoms. The van der Waals surface area contributed by atoms with Crippen LogP contribution in [0.3, 0.4) is 0 Å². The molecule has 250 valence electrons. The van der Waals surface area contributed by atoms with Crippen LogP contribution < -0.4 is 15.4 Å². The number of hydrogen-bond donors (Lipinski definition) is 2. The number of ether oxygens (including phenoxy) is 2. The molecule has 2 aromatic carbocycles. The number of rotatable bonds is 8. The van der Waals surface area contributed by atoms with Crippen LogP contribution in [0.25, 0.3) is 16.6 Å². The number of amides is 1. The molecule has 3 aliphatic heterocycles. The number of pyridine rings is 1. The summed E-state index contributed by atoms with van der Waals surface area (Å²) in [6, 6.07) is 18.6. The standard InChI is InChI=1S/C38H43ClN6O3/c39-29-3-1-26(2-4-29)33-7-9-38(10-13-44(14-11-38)31-24-47-25-31)21-28(33)23-43-15-17-45(18-16-43)30-5-6-34(36(40)46)35(20-30)48-32-19-27-8-12-41-37(27)42-22-32/h1-6,8,12,19-20,22,31H,7,9-11,13-18,21,23-25H2,(H2,40,46)(H,41,42). The first-order chi connectivity index (χ1) is 23.4. The fourth-order valence-electron chi connectivity index (χ4n) is 8.12. The van der Waals surface area contributed by atoms with Crippen LogP contribution in [0.5, 0.6) is 11.5 Å². The van der Waals surface area contributed by atoms with Gasteiger partial charge in [-0.1, -0.05) is 29.3 Å². The molecule has 3 saturated heterocycles. The van der Waals surface area contributed by atoms with Crippen LogP contribution in [0, 0.1) is 5.41 Å². The highest BCUT2D eigenvalue weighted by Gasteiger charge is 2.41. The van der Waals surface area contributed by atoms with Crippen LogP contribution in [-0.2, 0) is 4.74 Å². The van der Waals surface area contributed by atoms with E-state index in [-0.39, 0.29) is 0 Å². The van der Waals surface area contributed by atoms with E-state index in [4.69, 9.17) is 26.8 Å². The summed E-state index contributed by atoms with van der Waals surface area (Å²) in [5.41, 5.74) is 12.7. The lowest BCUT2D eigenvalue weighted by Gasteiger charge is -2.49. The second-order valence-electron chi connectivity index (χ2n) is 14.0. The number of aromatic nitrogens is 2. The zero-order chi connectivity index (χ0) is 32.7. The number of nitrogens with zero attached hydrogens (tertiary/aromatic N) is 4. The fourth-order valence-corrected chi connectivity index (χ4v) is 8.25. The summed E-state index contributed by atoms with van der Waals surface area (Å²) < 4.78 is 11.7. The minimum Gasteiger partial charge on any atom is -0.455 e. The molecule has 4 aromatic rings. The number of H-pyrrole nitrogens is 1. The molecule has 1 aliphatic carbocycles. The Kier molecular flexibility index (Phi) is 8.63. The summed E-state index contributed by atoms with van der Waals surface area (Å²) in [5.74, 6) is 0.486. The molecule has 2 aromatic heterocycles. The number of primary amides is 1. The molecule has 48 heavy (non-hydrogen) atoms. The van der Waals surface area contributed by atoms with Crippen LogP contribution in [0.2, 0.25) is 5.02 Å². The molecular weight excluding hydrogens is 624 g/mol. The van der Waals surface area contributed by atoms with E-state index in [0.717, 1.165) is 74.1 Å². The molecule has 5 heterocycles. The lowest BCUT2D eigenvalue weighted by atomic mass is 9.65. The Hall–Kier alpha value is -3.89. The molecule has 4 aliphatic rings. The summed E-state index contributed by atoms with van der Waals surface area (Å²) >= 11 is 6.29. The number of nitrogens with one attached hydrogen (secondary N) is 1. The van der Waals surface area contributed by atoms with E-state index < -0.39 is 5.91 Å². The Bertz CT molecular complexity index is 1820. The number of anilines is 1. The molecule has 0 bridgehead atoms. The van der Waals surface area contributed by atoms with E-state index in [1.165, 1.54) is 49.9 Å². The average molecular weight is 667 g/mol. The van der Waals surface area contributed by atoms with Gasteiger partial charge in [0.1, 0.15) is 17.1 Å². The van der Waals surface area contributed by atoms with Crippen molar-refractivity contribution < 1.29 is 14.3 Å². The third-order valence-corrected chi connectivity index (χ3v) is 11.3. The van der Waals surface area contributed by atoms with Crippen molar-refractivity contribution in [3.05, 3.63) is 88.7 Å². The highest BCUT2D eigenvalue weighted by Crippen LogP contribution is 2.49. The number of hydrogen-bond acceptors (Lipinski definition) is 7. The van der Waals surface area contributed by atoms with Gasteiger partial charge in [0.15, 0.2) is 0 Å². The van der Waals surface area contributed by atoms with Gasteiger partial charge in [0.05, 0.1) is 31.0 Å². The molecule has 9 nitrogen and oxygen atoms in total. The number of carbonyl (C=O) groups is 1. The first-order valence-electron chi connectivity index (χ1n) is 17.2. The van der Waals surface area contributed by atoms with Crippen LogP contribution in [0.1, 0.15) is 48.0 Å². The second kappa shape index (κ2) is 13.2. The molecule has 3 N–H and O–H groups in total. The Balaban J connectivity index is 0.969. The van der Waals surface area contributed by atoms with E-state index in [2.05, 4.69) is 36.8 Å². The van der Waals surface area contributed by atoms with Gasteiger partial charge in [-0.2, -0.15) is 0 Å². The molecule has 1 spiro atoms. The summed E-state index contributed by atoms with van der Waals surface area (Å²) in [7, 11) is 0. The number of allylic oxidation sites excluding steroid dienone is 1. The topological polar surface area (TPSA) is 100.0 Å². The number of carbonyl (C=O) groups excluding carboxylic acids is 1. The summed E-state index contributed by atoms with van der Waals surface area (Å²) in [4.78, 5) is 27.5. The predicted octanol–water partition coefficient (Wildman–Crippen LogP) is 6.35. The van der Waals surface area contributed by atoms with E-state index in [9.17, 15) is 4.79 Å². The Morgan fingerprint density at radius 2 is 1.79 bits per heavy atom. The van der Waals surface area contributed by atoms with Crippen molar-refractivity contribution in [1.82, 2.24) is 19.8 Å². The summed E-state index contributed by atoms with van der Waals surface area (Å²) in [6.45, 7) is 8.87. The number of likely N-dealkylation sites (tertiary alicyclic amines) is 1. The summed E-state index contributed by atoms with van der Waals surface area (Å²) in [6.07, 6.45) is 9.62. The maximum Gasteiger partial charge on any atom is 0.252 e. The maximum atomic E-state index is 12.3. The van der Waals surface area contributed by atoms with E-state index in [1.54, 1.807) is 17.8 Å². The van der Waals surface area contributed by atoms with Gasteiger partial charge in [-0.15, -0.1) is 0 Å². The zero-order valence-corrected chi connectivity index (χ0v) is 28.1. The van der Waals surface area contributed by atoms with Crippen molar-refractivity contribution in [1.29, 1.82) is 0 Å². The van der Waals surface area contributed by atoms with E-state index >= 15 is 0 Å². The van der Waals surface area contributed by atoms with Crippen LogP contribution in [0.15, 0.2) is 72.6 Å². The van der Waals surface area contributed by atoms with Gasteiger partial charge in [0.25, 0.3) is 5.91 Å². The number of fused-ring (bicyclic) bond motifs is 1.